The molecule has 116 valence electrons. The van der Waals surface area contributed by atoms with Crippen LogP contribution in [0.5, 0.6) is 0 Å². The second-order valence-electron chi connectivity index (χ2n) is 6.25. The van der Waals surface area contributed by atoms with Gasteiger partial charge in [0.25, 0.3) is 0 Å². The summed E-state index contributed by atoms with van der Waals surface area (Å²) in [6.45, 7) is 3.46. The van der Waals surface area contributed by atoms with Crippen LogP contribution in [-0.2, 0) is 14.6 Å². The first-order chi connectivity index (χ1) is 9.45. The monoisotopic (exact) mass is 302 g/mol. The Labute approximate surface area is 121 Å². The van der Waals surface area contributed by atoms with Gasteiger partial charge in [-0.1, -0.05) is 13.3 Å². The van der Waals surface area contributed by atoms with Crippen LogP contribution in [0, 0.1) is 11.8 Å². The predicted molar refractivity (Wildman–Crippen MR) is 78.9 cm³/mol. The fourth-order valence-corrected chi connectivity index (χ4v) is 5.32. The molecule has 0 spiro atoms. The number of carbonyl (C=O) groups excluding carboxylic acids is 1. The Kier molecular flexibility index (Phi) is 5.07. The van der Waals surface area contributed by atoms with Crippen LogP contribution in [0.25, 0.3) is 0 Å². The van der Waals surface area contributed by atoms with Gasteiger partial charge >= 0.3 is 0 Å². The molecule has 6 heteroatoms. The Morgan fingerprint density at radius 1 is 1.30 bits per heavy atom. The predicted octanol–water partition coefficient (Wildman–Crippen LogP) is 0.787. The second kappa shape index (κ2) is 6.43. The average Bonchev–Trinajstić information content (AvgIpc) is 2.76. The molecule has 2 rings (SSSR count). The van der Waals surface area contributed by atoms with Crippen LogP contribution in [0.4, 0.5) is 0 Å². The molecule has 0 aromatic heterocycles. The van der Waals surface area contributed by atoms with E-state index in [2.05, 4.69) is 6.92 Å². The molecule has 3 unspecified atom stereocenters. The van der Waals surface area contributed by atoms with Gasteiger partial charge in [0.2, 0.25) is 5.91 Å². The van der Waals surface area contributed by atoms with Crippen molar-refractivity contribution in [3.8, 4) is 0 Å². The molecule has 1 amide bonds. The maximum Gasteiger partial charge on any atom is 0.223 e. The highest BCUT2D eigenvalue weighted by atomic mass is 32.2. The molecule has 3 atom stereocenters. The van der Waals surface area contributed by atoms with E-state index in [9.17, 15) is 13.2 Å². The highest BCUT2D eigenvalue weighted by molar-refractivity contribution is 7.91. The maximum atomic E-state index is 12.4. The molecule has 0 bridgehead atoms. The summed E-state index contributed by atoms with van der Waals surface area (Å²) in [5, 5.41) is 0. The van der Waals surface area contributed by atoms with Crippen LogP contribution in [0.3, 0.4) is 0 Å². The van der Waals surface area contributed by atoms with Gasteiger partial charge in [-0.2, -0.15) is 0 Å². The molecule has 0 radical (unpaired) electrons. The molecular weight excluding hydrogens is 276 g/mol. The lowest BCUT2D eigenvalue weighted by molar-refractivity contribution is -0.136. The number of hydrogen-bond acceptors (Lipinski definition) is 4. The van der Waals surface area contributed by atoms with Crippen LogP contribution in [0.2, 0.25) is 0 Å². The summed E-state index contributed by atoms with van der Waals surface area (Å²) in [4.78, 5) is 14.3. The minimum atomic E-state index is -2.90. The van der Waals surface area contributed by atoms with E-state index in [0.29, 0.717) is 25.3 Å². The minimum absolute atomic E-state index is 0.00910. The molecule has 2 saturated heterocycles. The quantitative estimate of drug-likeness (QED) is 0.832. The van der Waals surface area contributed by atoms with Crippen LogP contribution < -0.4 is 5.73 Å². The molecule has 0 aromatic rings. The van der Waals surface area contributed by atoms with E-state index in [-0.39, 0.29) is 29.4 Å². The normalized spacial score (nSPS) is 33.3. The zero-order valence-electron chi connectivity index (χ0n) is 12.3. The van der Waals surface area contributed by atoms with E-state index in [4.69, 9.17) is 5.73 Å². The van der Waals surface area contributed by atoms with Crippen LogP contribution >= 0.6 is 0 Å². The van der Waals surface area contributed by atoms with Gasteiger partial charge in [-0.25, -0.2) is 8.42 Å². The molecular formula is C14H26N2O3S. The summed E-state index contributed by atoms with van der Waals surface area (Å²) in [5.74, 6) is 1.19. The summed E-state index contributed by atoms with van der Waals surface area (Å²) >= 11 is 0. The van der Waals surface area contributed by atoms with Gasteiger partial charge in [-0.15, -0.1) is 0 Å². The standard InChI is InChI=1S/C14H26N2O3S/c1-2-11-3-5-16(13(7-11)9-15)14(17)8-12-4-6-20(18,19)10-12/h11-13H,2-10,15H2,1H3. The second-order valence-corrected chi connectivity index (χ2v) is 8.48. The Morgan fingerprint density at radius 3 is 2.60 bits per heavy atom. The molecule has 2 aliphatic heterocycles. The number of sulfone groups is 1. The Hall–Kier alpha value is -0.620. The number of hydrogen-bond donors (Lipinski definition) is 1. The van der Waals surface area contributed by atoms with Crippen molar-refractivity contribution in [1.82, 2.24) is 4.90 Å². The third kappa shape index (κ3) is 3.73. The van der Waals surface area contributed by atoms with Crippen LogP contribution in [0.15, 0.2) is 0 Å². The van der Waals surface area contributed by atoms with Gasteiger partial charge in [0.15, 0.2) is 9.84 Å². The maximum absolute atomic E-state index is 12.4. The Morgan fingerprint density at radius 2 is 2.05 bits per heavy atom. The first-order valence-electron chi connectivity index (χ1n) is 7.65. The highest BCUT2D eigenvalue weighted by Crippen LogP contribution is 2.28. The van der Waals surface area contributed by atoms with Crippen molar-refractivity contribution in [2.75, 3.05) is 24.6 Å². The first-order valence-corrected chi connectivity index (χ1v) is 9.47. The Bertz CT molecular complexity index is 449. The number of amides is 1. The molecule has 2 heterocycles. The molecule has 2 aliphatic rings. The third-order valence-electron chi connectivity index (χ3n) is 4.78. The molecule has 0 aromatic carbocycles. The largest absolute Gasteiger partial charge is 0.338 e. The van der Waals surface area contributed by atoms with E-state index < -0.39 is 9.84 Å². The third-order valence-corrected chi connectivity index (χ3v) is 6.62. The molecule has 0 saturated carbocycles. The highest BCUT2D eigenvalue weighted by Gasteiger charge is 2.34. The molecule has 2 fully saturated rings. The summed E-state index contributed by atoms with van der Waals surface area (Å²) in [6.07, 6.45) is 4.17. The number of piperidine rings is 1. The molecule has 2 N–H and O–H groups in total. The van der Waals surface area contributed by atoms with Crippen molar-refractivity contribution in [3.05, 3.63) is 0 Å². The van der Waals surface area contributed by atoms with E-state index in [1.807, 2.05) is 4.90 Å². The molecule has 20 heavy (non-hydrogen) atoms. The lowest BCUT2D eigenvalue weighted by atomic mass is 9.88. The average molecular weight is 302 g/mol. The van der Waals surface area contributed by atoms with Crippen molar-refractivity contribution >= 4 is 15.7 Å². The smallest absolute Gasteiger partial charge is 0.223 e. The van der Waals surface area contributed by atoms with Crippen molar-refractivity contribution < 1.29 is 13.2 Å². The van der Waals surface area contributed by atoms with Gasteiger partial charge in [0.1, 0.15) is 0 Å². The lowest BCUT2D eigenvalue weighted by Gasteiger charge is -2.39. The van der Waals surface area contributed by atoms with Gasteiger partial charge in [0, 0.05) is 25.6 Å². The van der Waals surface area contributed by atoms with Gasteiger partial charge in [-0.3, -0.25) is 4.79 Å². The van der Waals surface area contributed by atoms with Crippen LogP contribution in [0.1, 0.15) is 39.0 Å². The zero-order chi connectivity index (χ0) is 14.8. The number of nitrogens with two attached hydrogens (primary N) is 1. The summed E-state index contributed by atoms with van der Waals surface area (Å²) in [6, 6.07) is 0.138. The topological polar surface area (TPSA) is 80.5 Å². The number of nitrogens with zero attached hydrogens (tertiary/aromatic N) is 1. The molecule has 5 nitrogen and oxygen atoms in total. The SMILES string of the molecule is CCC1CCN(C(=O)CC2CCS(=O)(=O)C2)C(CN)C1. The fraction of sp³-hybridized carbons (Fsp3) is 0.929. The van der Waals surface area contributed by atoms with Crippen molar-refractivity contribution in [2.24, 2.45) is 17.6 Å². The van der Waals surface area contributed by atoms with Gasteiger partial charge in [0.05, 0.1) is 11.5 Å². The van der Waals surface area contributed by atoms with E-state index in [0.717, 1.165) is 25.8 Å². The van der Waals surface area contributed by atoms with E-state index in [1.54, 1.807) is 0 Å². The summed E-state index contributed by atoms with van der Waals surface area (Å²) < 4.78 is 22.9. The van der Waals surface area contributed by atoms with Gasteiger partial charge in [-0.05, 0) is 31.1 Å². The van der Waals surface area contributed by atoms with Crippen LogP contribution in [-0.4, -0.2) is 49.9 Å². The summed E-state index contributed by atoms with van der Waals surface area (Å²) in [5.41, 5.74) is 5.81. The van der Waals surface area contributed by atoms with Crippen molar-refractivity contribution in [3.63, 3.8) is 0 Å². The first kappa shape index (κ1) is 15.8. The van der Waals surface area contributed by atoms with Gasteiger partial charge < -0.3 is 10.6 Å². The summed E-state index contributed by atoms with van der Waals surface area (Å²) in [7, 11) is -2.90. The Balaban J connectivity index is 1.91. The fourth-order valence-electron chi connectivity index (χ4n) is 3.45. The lowest BCUT2D eigenvalue weighted by Crippen LogP contribution is -2.49. The number of carbonyl (C=O) groups is 1. The van der Waals surface area contributed by atoms with E-state index in [1.165, 1.54) is 0 Å². The number of rotatable bonds is 4. The minimum Gasteiger partial charge on any atom is -0.338 e. The molecule has 0 aliphatic carbocycles. The van der Waals surface area contributed by atoms with Crippen molar-refractivity contribution in [1.29, 1.82) is 0 Å². The number of likely N-dealkylation sites (tertiary alicyclic amines) is 1. The zero-order valence-corrected chi connectivity index (χ0v) is 13.1. The van der Waals surface area contributed by atoms with Crippen molar-refractivity contribution in [2.45, 2.75) is 45.1 Å². The van der Waals surface area contributed by atoms with E-state index >= 15 is 0 Å².